The van der Waals surface area contributed by atoms with Gasteiger partial charge >= 0.3 is 0 Å². The SMILES string of the molecule is COc1ccc(OC)c(-c2cc(C(=O)Nc3cc(-n4ccnc4)ncn3)[nH]n2)c1. The molecule has 29 heavy (non-hydrogen) atoms. The molecule has 3 heterocycles. The smallest absolute Gasteiger partial charge is 0.274 e. The number of ether oxygens (including phenoxy) is 2. The second-order valence-corrected chi connectivity index (χ2v) is 5.92. The summed E-state index contributed by atoms with van der Waals surface area (Å²) in [5, 5.41) is 9.69. The Morgan fingerprint density at radius 2 is 2.03 bits per heavy atom. The van der Waals surface area contributed by atoms with E-state index in [0.29, 0.717) is 34.4 Å². The minimum absolute atomic E-state index is 0.271. The summed E-state index contributed by atoms with van der Waals surface area (Å²) in [5.41, 5.74) is 1.52. The molecule has 0 aliphatic carbocycles. The Morgan fingerprint density at radius 1 is 1.14 bits per heavy atom. The highest BCUT2D eigenvalue weighted by Gasteiger charge is 2.16. The number of methoxy groups -OCH3 is 2. The van der Waals surface area contributed by atoms with Crippen molar-refractivity contribution >= 4 is 11.7 Å². The average molecular weight is 391 g/mol. The number of rotatable bonds is 6. The van der Waals surface area contributed by atoms with E-state index in [-0.39, 0.29) is 11.6 Å². The first-order valence-electron chi connectivity index (χ1n) is 8.57. The second kappa shape index (κ2) is 7.80. The summed E-state index contributed by atoms with van der Waals surface area (Å²) >= 11 is 0. The highest BCUT2D eigenvalue weighted by molar-refractivity contribution is 6.03. The topological polar surface area (TPSA) is 120 Å². The third-order valence-electron chi connectivity index (χ3n) is 4.17. The van der Waals surface area contributed by atoms with Crippen LogP contribution < -0.4 is 14.8 Å². The number of aromatic nitrogens is 6. The lowest BCUT2D eigenvalue weighted by Gasteiger charge is -2.08. The lowest BCUT2D eigenvalue weighted by Crippen LogP contribution is -2.14. The largest absolute Gasteiger partial charge is 0.497 e. The fraction of sp³-hybridized carbons (Fsp3) is 0.105. The molecule has 0 saturated carbocycles. The van der Waals surface area contributed by atoms with Crippen LogP contribution in [0.4, 0.5) is 5.82 Å². The Bertz CT molecular complexity index is 1140. The number of H-pyrrole nitrogens is 1. The maximum absolute atomic E-state index is 12.6. The molecule has 1 amide bonds. The number of aromatic amines is 1. The zero-order valence-electron chi connectivity index (χ0n) is 15.7. The molecule has 4 aromatic rings. The van der Waals surface area contributed by atoms with E-state index in [1.807, 2.05) is 0 Å². The summed E-state index contributed by atoms with van der Waals surface area (Å²) in [6.45, 7) is 0. The van der Waals surface area contributed by atoms with Gasteiger partial charge in [0.05, 0.1) is 19.9 Å². The van der Waals surface area contributed by atoms with Gasteiger partial charge in [0.2, 0.25) is 0 Å². The fourth-order valence-corrected chi connectivity index (χ4v) is 2.73. The van der Waals surface area contributed by atoms with Gasteiger partial charge in [-0.2, -0.15) is 5.10 Å². The van der Waals surface area contributed by atoms with E-state index in [1.54, 1.807) is 67.8 Å². The number of nitrogens with zero attached hydrogens (tertiary/aromatic N) is 5. The first-order valence-corrected chi connectivity index (χ1v) is 8.57. The van der Waals surface area contributed by atoms with Crippen molar-refractivity contribution < 1.29 is 14.3 Å². The summed E-state index contributed by atoms with van der Waals surface area (Å²) < 4.78 is 12.3. The maximum atomic E-state index is 12.6. The number of imidazole rings is 1. The standard InChI is InChI=1S/C19H17N7O3/c1-28-12-3-4-16(29-2)13(7-12)14-8-15(25-24-14)19(27)23-17-9-18(22-10-21-17)26-6-5-20-11-26/h3-11H,1-2H3,(H,24,25)(H,21,22,23,27). The minimum Gasteiger partial charge on any atom is -0.497 e. The fourth-order valence-electron chi connectivity index (χ4n) is 2.73. The van der Waals surface area contributed by atoms with E-state index in [4.69, 9.17) is 9.47 Å². The number of anilines is 1. The van der Waals surface area contributed by atoms with Gasteiger partial charge in [0.25, 0.3) is 5.91 Å². The molecule has 0 atom stereocenters. The van der Waals surface area contributed by atoms with Gasteiger partial charge in [0, 0.05) is 24.0 Å². The summed E-state index contributed by atoms with van der Waals surface area (Å²) in [6, 6.07) is 8.63. The molecule has 10 nitrogen and oxygen atoms in total. The van der Waals surface area contributed by atoms with Crippen molar-refractivity contribution in [3.63, 3.8) is 0 Å². The second-order valence-electron chi connectivity index (χ2n) is 5.92. The molecule has 0 saturated heterocycles. The predicted octanol–water partition coefficient (Wildman–Crippen LogP) is 2.32. The van der Waals surface area contributed by atoms with E-state index in [1.165, 1.54) is 6.33 Å². The zero-order chi connectivity index (χ0) is 20.2. The van der Waals surface area contributed by atoms with Crippen molar-refractivity contribution in [2.75, 3.05) is 19.5 Å². The van der Waals surface area contributed by atoms with Gasteiger partial charge in [-0.25, -0.2) is 15.0 Å². The van der Waals surface area contributed by atoms with Crippen molar-refractivity contribution in [1.29, 1.82) is 0 Å². The van der Waals surface area contributed by atoms with Crippen LogP contribution in [0.2, 0.25) is 0 Å². The predicted molar refractivity (Wildman–Crippen MR) is 104 cm³/mol. The Balaban J connectivity index is 1.56. The minimum atomic E-state index is -0.388. The van der Waals surface area contributed by atoms with Gasteiger partial charge in [-0.05, 0) is 24.3 Å². The van der Waals surface area contributed by atoms with Crippen molar-refractivity contribution in [3.05, 3.63) is 61.1 Å². The Hall–Kier alpha value is -4.21. The van der Waals surface area contributed by atoms with Crippen LogP contribution >= 0.6 is 0 Å². The molecule has 0 aliphatic heterocycles. The lowest BCUT2D eigenvalue weighted by molar-refractivity contribution is 0.102. The van der Waals surface area contributed by atoms with Gasteiger partial charge in [-0.3, -0.25) is 14.5 Å². The van der Waals surface area contributed by atoms with E-state index < -0.39 is 0 Å². The number of hydrogen-bond acceptors (Lipinski definition) is 7. The van der Waals surface area contributed by atoms with Crippen LogP contribution in [0.5, 0.6) is 11.5 Å². The van der Waals surface area contributed by atoms with Crippen LogP contribution in [0.15, 0.2) is 55.4 Å². The van der Waals surface area contributed by atoms with Crippen LogP contribution in [0.25, 0.3) is 17.1 Å². The molecule has 0 spiro atoms. The van der Waals surface area contributed by atoms with Crippen LogP contribution in [-0.2, 0) is 0 Å². The number of amides is 1. The molecule has 2 N–H and O–H groups in total. The Morgan fingerprint density at radius 3 is 2.79 bits per heavy atom. The van der Waals surface area contributed by atoms with Crippen LogP contribution in [0.3, 0.4) is 0 Å². The van der Waals surface area contributed by atoms with Gasteiger partial charge in [-0.1, -0.05) is 0 Å². The van der Waals surface area contributed by atoms with Crippen molar-refractivity contribution in [2.45, 2.75) is 0 Å². The van der Waals surface area contributed by atoms with Gasteiger partial charge in [0.1, 0.15) is 41.5 Å². The summed E-state index contributed by atoms with van der Waals surface area (Å²) in [5.74, 6) is 1.82. The molecule has 0 radical (unpaired) electrons. The van der Waals surface area contributed by atoms with E-state index >= 15 is 0 Å². The number of benzene rings is 1. The lowest BCUT2D eigenvalue weighted by atomic mass is 10.1. The molecule has 146 valence electrons. The third kappa shape index (κ3) is 3.76. The highest BCUT2D eigenvalue weighted by atomic mass is 16.5. The molecule has 0 aliphatic rings. The molecule has 0 bridgehead atoms. The molecular formula is C19H17N7O3. The van der Waals surface area contributed by atoms with Crippen molar-refractivity contribution in [1.82, 2.24) is 29.7 Å². The number of carbonyl (C=O) groups excluding carboxylic acids is 1. The molecule has 3 aromatic heterocycles. The maximum Gasteiger partial charge on any atom is 0.274 e. The number of nitrogens with one attached hydrogen (secondary N) is 2. The number of hydrogen-bond donors (Lipinski definition) is 2. The molecule has 0 fully saturated rings. The van der Waals surface area contributed by atoms with E-state index in [9.17, 15) is 4.79 Å². The first kappa shape index (κ1) is 18.2. The van der Waals surface area contributed by atoms with Gasteiger partial charge in [0.15, 0.2) is 0 Å². The van der Waals surface area contributed by atoms with E-state index in [0.717, 1.165) is 0 Å². The molecule has 1 aromatic carbocycles. The average Bonchev–Trinajstić information content (AvgIpc) is 3.46. The molecule has 0 unspecified atom stereocenters. The van der Waals surface area contributed by atoms with Crippen LogP contribution in [-0.4, -0.2) is 49.8 Å². The van der Waals surface area contributed by atoms with Crippen LogP contribution in [0, 0.1) is 0 Å². The quantitative estimate of drug-likeness (QED) is 0.517. The van der Waals surface area contributed by atoms with Crippen LogP contribution in [0.1, 0.15) is 10.5 Å². The Labute approximate surface area is 165 Å². The molecule has 4 rings (SSSR count). The highest BCUT2D eigenvalue weighted by Crippen LogP contribution is 2.32. The summed E-state index contributed by atoms with van der Waals surface area (Å²) in [7, 11) is 3.15. The van der Waals surface area contributed by atoms with E-state index in [2.05, 4.69) is 30.5 Å². The van der Waals surface area contributed by atoms with Crippen molar-refractivity contribution in [2.24, 2.45) is 0 Å². The summed E-state index contributed by atoms with van der Waals surface area (Å²) in [6.07, 6.45) is 6.36. The monoisotopic (exact) mass is 391 g/mol. The van der Waals surface area contributed by atoms with Gasteiger partial charge < -0.3 is 14.8 Å². The van der Waals surface area contributed by atoms with Crippen molar-refractivity contribution in [3.8, 4) is 28.6 Å². The summed E-state index contributed by atoms with van der Waals surface area (Å²) in [4.78, 5) is 24.8. The molecule has 10 heteroatoms. The zero-order valence-corrected chi connectivity index (χ0v) is 15.7. The third-order valence-corrected chi connectivity index (χ3v) is 4.17. The number of carbonyl (C=O) groups is 1. The normalized spacial score (nSPS) is 10.6. The first-order chi connectivity index (χ1) is 14.2. The van der Waals surface area contributed by atoms with Gasteiger partial charge in [-0.15, -0.1) is 0 Å². The molecular weight excluding hydrogens is 374 g/mol. The Kier molecular flexibility index (Phi) is 4.89.